The van der Waals surface area contributed by atoms with Crippen molar-refractivity contribution in [1.82, 2.24) is 0 Å². The molecule has 33 heavy (non-hydrogen) atoms. The van der Waals surface area contributed by atoms with Gasteiger partial charge in [-0.15, -0.1) is 0 Å². The van der Waals surface area contributed by atoms with Crippen LogP contribution >= 0.6 is 0 Å². The molecule has 158 valence electrons. The van der Waals surface area contributed by atoms with E-state index in [-0.39, 0.29) is 0 Å². The Bertz CT molecular complexity index is 1370. The number of hydrogen-bond acceptors (Lipinski definition) is 3. The second kappa shape index (κ2) is 8.21. The number of fused-ring (bicyclic) bond motifs is 2. The first kappa shape index (κ1) is 19.2. The largest absolute Gasteiger partial charge is 0.453 e. The quantitative estimate of drug-likeness (QED) is 0.305. The third kappa shape index (κ3) is 3.70. The van der Waals surface area contributed by atoms with Crippen molar-refractivity contribution in [3.63, 3.8) is 0 Å². The van der Waals surface area contributed by atoms with Gasteiger partial charge in [0.25, 0.3) is 0 Å². The summed E-state index contributed by atoms with van der Waals surface area (Å²) in [5.41, 5.74) is 7.67. The Labute approximate surface area is 193 Å². The van der Waals surface area contributed by atoms with E-state index in [1.165, 1.54) is 11.1 Å². The first-order chi connectivity index (χ1) is 16.3. The molecule has 3 nitrogen and oxygen atoms in total. The Hall–Kier alpha value is -4.50. The Morgan fingerprint density at radius 2 is 1.09 bits per heavy atom. The van der Waals surface area contributed by atoms with Crippen LogP contribution in [0.4, 0.5) is 28.4 Å². The molecule has 0 saturated heterocycles. The minimum Gasteiger partial charge on any atom is -0.453 e. The summed E-state index contributed by atoms with van der Waals surface area (Å²) in [6.45, 7) is 0. The molecule has 1 heterocycles. The molecule has 0 unspecified atom stereocenters. The number of rotatable bonds is 4. The summed E-state index contributed by atoms with van der Waals surface area (Å²) >= 11 is 0. The predicted molar refractivity (Wildman–Crippen MR) is 136 cm³/mol. The van der Waals surface area contributed by atoms with Crippen molar-refractivity contribution in [1.29, 1.82) is 0 Å². The topological polar surface area (TPSA) is 24.5 Å². The number of hydrogen-bond donors (Lipinski definition) is 1. The molecule has 0 bridgehead atoms. The number of para-hydroxylation sites is 5. The maximum absolute atomic E-state index is 6.14. The summed E-state index contributed by atoms with van der Waals surface area (Å²) in [7, 11) is 0. The van der Waals surface area contributed by atoms with Crippen LogP contribution < -0.4 is 15.0 Å². The molecule has 0 saturated carbocycles. The number of nitrogens with zero attached hydrogens (tertiary/aromatic N) is 1. The van der Waals surface area contributed by atoms with E-state index in [1.807, 2.05) is 54.6 Å². The second-order valence-electron chi connectivity index (χ2n) is 7.99. The van der Waals surface area contributed by atoms with E-state index in [4.69, 9.17) is 4.74 Å². The van der Waals surface area contributed by atoms with Crippen LogP contribution in [0.15, 0.2) is 127 Å². The van der Waals surface area contributed by atoms with Gasteiger partial charge in [-0.05, 0) is 71.8 Å². The molecule has 5 aromatic carbocycles. The molecular formula is C30H22N2O. The zero-order valence-corrected chi connectivity index (χ0v) is 18.0. The highest BCUT2D eigenvalue weighted by Gasteiger charge is 2.24. The lowest BCUT2D eigenvalue weighted by molar-refractivity contribution is 0.477. The summed E-state index contributed by atoms with van der Waals surface area (Å²) in [5.74, 6) is 1.72. The van der Waals surface area contributed by atoms with Gasteiger partial charge in [0, 0.05) is 17.1 Å². The number of ether oxygens (including phenoxy) is 1. The van der Waals surface area contributed by atoms with Gasteiger partial charge >= 0.3 is 0 Å². The van der Waals surface area contributed by atoms with Crippen molar-refractivity contribution >= 4 is 28.4 Å². The average Bonchev–Trinajstić information content (AvgIpc) is 2.88. The lowest BCUT2D eigenvalue weighted by Crippen LogP contribution is -2.15. The van der Waals surface area contributed by atoms with Gasteiger partial charge in [-0.2, -0.15) is 0 Å². The molecule has 5 aromatic rings. The van der Waals surface area contributed by atoms with Crippen LogP contribution in [0.5, 0.6) is 11.5 Å². The Morgan fingerprint density at radius 1 is 0.485 bits per heavy atom. The second-order valence-corrected chi connectivity index (χ2v) is 7.99. The van der Waals surface area contributed by atoms with Gasteiger partial charge in [0.05, 0.1) is 11.4 Å². The van der Waals surface area contributed by atoms with E-state index in [0.29, 0.717) is 0 Å². The fourth-order valence-corrected chi connectivity index (χ4v) is 4.25. The first-order valence-electron chi connectivity index (χ1n) is 11.0. The molecule has 0 radical (unpaired) electrons. The maximum Gasteiger partial charge on any atom is 0.151 e. The smallest absolute Gasteiger partial charge is 0.151 e. The molecule has 1 N–H and O–H groups in total. The van der Waals surface area contributed by atoms with Crippen LogP contribution in [-0.2, 0) is 0 Å². The summed E-state index contributed by atoms with van der Waals surface area (Å²) in [6, 6.07) is 43.7. The van der Waals surface area contributed by atoms with Crippen LogP contribution in [0, 0.1) is 0 Å². The summed E-state index contributed by atoms with van der Waals surface area (Å²) in [4.78, 5) is 2.26. The predicted octanol–water partition coefficient (Wildman–Crippen LogP) is 8.67. The third-order valence-corrected chi connectivity index (χ3v) is 5.82. The summed E-state index contributed by atoms with van der Waals surface area (Å²) in [5, 5.41) is 3.48. The lowest BCUT2D eigenvalue weighted by Gasteiger charge is -2.32. The van der Waals surface area contributed by atoms with Gasteiger partial charge in [0.2, 0.25) is 0 Å². The first-order valence-corrected chi connectivity index (χ1v) is 11.0. The fourth-order valence-electron chi connectivity index (χ4n) is 4.25. The standard InChI is InChI=1S/C30H22N2O/c1-2-10-24(11-3-1)31-25-12-8-9-23(21-25)22-17-19-26(20-18-22)32-27-13-4-6-15-29(27)33-30-16-7-5-14-28(30)32/h1-21,31H. The van der Waals surface area contributed by atoms with Crippen LogP contribution in [0.25, 0.3) is 11.1 Å². The normalized spacial score (nSPS) is 11.8. The molecule has 0 aromatic heterocycles. The highest BCUT2D eigenvalue weighted by atomic mass is 16.5. The van der Waals surface area contributed by atoms with E-state index < -0.39 is 0 Å². The number of nitrogens with one attached hydrogen (secondary N) is 1. The Balaban J connectivity index is 1.34. The Kier molecular flexibility index (Phi) is 4.78. The summed E-state index contributed by atoms with van der Waals surface area (Å²) < 4.78 is 6.14. The molecule has 0 fully saturated rings. The van der Waals surface area contributed by atoms with Gasteiger partial charge in [-0.1, -0.05) is 66.7 Å². The van der Waals surface area contributed by atoms with Crippen molar-refractivity contribution in [2.45, 2.75) is 0 Å². The molecule has 3 heteroatoms. The van der Waals surface area contributed by atoms with Crippen LogP contribution in [0.2, 0.25) is 0 Å². The zero-order valence-electron chi connectivity index (χ0n) is 18.0. The van der Waals surface area contributed by atoms with Crippen molar-refractivity contribution in [3.05, 3.63) is 127 Å². The molecule has 1 aliphatic rings. The maximum atomic E-state index is 6.14. The van der Waals surface area contributed by atoms with E-state index in [2.05, 4.69) is 83.0 Å². The van der Waals surface area contributed by atoms with Gasteiger partial charge in [0.15, 0.2) is 11.5 Å². The van der Waals surface area contributed by atoms with Gasteiger partial charge in [-0.3, -0.25) is 0 Å². The zero-order chi connectivity index (χ0) is 22.0. The molecule has 0 amide bonds. The molecule has 0 aliphatic carbocycles. The van der Waals surface area contributed by atoms with Crippen molar-refractivity contribution in [2.24, 2.45) is 0 Å². The van der Waals surface area contributed by atoms with Crippen LogP contribution in [-0.4, -0.2) is 0 Å². The minimum absolute atomic E-state index is 0.861. The molecule has 1 aliphatic heterocycles. The highest BCUT2D eigenvalue weighted by molar-refractivity contribution is 5.86. The van der Waals surface area contributed by atoms with E-state index in [9.17, 15) is 0 Å². The highest BCUT2D eigenvalue weighted by Crippen LogP contribution is 2.50. The summed E-state index contributed by atoms with van der Waals surface area (Å²) in [6.07, 6.45) is 0. The average molecular weight is 427 g/mol. The van der Waals surface area contributed by atoms with Crippen molar-refractivity contribution < 1.29 is 4.74 Å². The van der Waals surface area contributed by atoms with Crippen LogP contribution in [0.3, 0.4) is 0 Å². The van der Waals surface area contributed by atoms with E-state index >= 15 is 0 Å². The molecule has 6 rings (SSSR count). The number of benzene rings is 5. The number of anilines is 5. The van der Waals surface area contributed by atoms with E-state index in [1.54, 1.807) is 0 Å². The third-order valence-electron chi connectivity index (χ3n) is 5.82. The van der Waals surface area contributed by atoms with Gasteiger partial charge in [-0.25, -0.2) is 0 Å². The molecule has 0 atom stereocenters. The molecule has 0 spiro atoms. The van der Waals surface area contributed by atoms with Crippen molar-refractivity contribution in [2.75, 3.05) is 10.2 Å². The van der Waals surface area contributed by atoms with Gasteiger partial charge in [0.1, 0.15) is 0 Å². The van der Waals surface area contributed by atoms with Crippen molar-refractivity contribution in [3.8, 4) is 22.6 Å². The fraction of sp³-hybridized carbons (Fsp3) is 0. The monoisotopic (exact) mass is 426 g/mol. The Morgan fingerprint density at radius 3 is 1.79 bits per heavy atom. The minimum atomic E-state index is 0.861. The molecular weight excluding hydrogens is 404 g/mol. The van der Waals surface area contributed by atoms with Gasteiger partial charge < -0.3 is 15.0 Å². The SMILES string of the molecule is c1ccc(Nc2cccc(-c3ccc(N4c5ccccc5Oc5ccccc54)cc3)c2)cc1. The van der Waals surface area contributed by atoms with Crippen LogP contribution in [0.1, 0.15) is 0 Å². The van der Waals surface area contributed by atoms with E-state index in [0.717, 1.165) is 39.9 Å². The lowest BCUT2D eigenvalue weighted by atomic mass is 10.0.